The second kappa shape index (κ2) is 7.88. The van der Waals surface area contributed by atoms with Gasteiger partial charge in [-0.25, -0.2) is 4.98 Å². The molecule has 0 aliphatic carbocycles. The van der Waals surface area contributed by atoms with Crippen LogP contribution in [0.5, 0.6) is 5.75 Å². The van der Waals surface area contributed by atoms with Crippen LogP contribution in [0.2, 0.25) is 4.47 Å². The highest BCUT2D eigenvalue weighted by molar-refractivity contribution is 7.15. The summed E-state index contributed by atoms with van der Waals surface area (Å²) in [5, 5.41) is 11.9. The van der Waals surface area contributed by atoms with Gasteiger partial charge in [0.2, 0.25) is 0 Å². The largest absolute Gasteiger partial charge is 0.484 e. The number of nitrogens with zero attached hydrogens (tertiary/aromatic N) is 4. The lowest BCUT2D eigenvalue weighted by molar-refractivity contribution is -0.153. The molecule has 0 aliphatic rings. The summed E-state index contributed by atoms with van der Waals surface area (Å²) < 4.78 is 43.1. The number of halogens is 4. The molecule has 0 fully saturated rings. The molecule has 6 nitrogen and oxygen atoms in total. The van der Waals surface area contributed by atoms with Gasteiger partial charge >= 0.3 is 6.18 Å². The first kappa shape index (κ1) is 19.5. The maximum atomic E-state index is 12.6. The Bertz CT molecular complexity index is 1110. The number of alkyl halides is 3. The summed E-state index contributed by atoms with van der Waals surface area (Å²) in [6, 6.07) is 11.9. The van der Waals surface area contributed by atoms with Crippen LogP contribution in [-0.4, -0.2) is 32.8 Å². The summed E-state index contributed by atoms with van der Waals surface area (Å²) in [6.45, 7) is -0.990. The second-order valence-corrected chi connectivity index (χ2v) is 7.73. The van der Waals surface area contributed by atoms with Crippen LogP contribution in [0.25, 0.3) is 16.7 Å². The van der Waals surface area contributed by atoms with Crippen LogP contribution in [0.4, 0.5) is 18.9 Å². The summed E-state index contributed by atoms with van der Waals surface area (Å²) in [5.74, 6) is 0.0472. The third-order valence-electron chi connectivity index (χ3n) is 3.80. The van der Waals surface area contributed by atoms with Gasteiger partial charge in [-0.05, 0) is 18.2 Å². The van der Waals surface area contributed by atoms with Crippen LogP contribution < -0.4 is 10.1 Å². The predicted molar refractivity (Wildman–Crippen MR) is 105 cm³/mol. The lowest BCUT2D eigenvalue weighted by Crippen LogP contribution is -2.19. The van der Waals surface area contributed by atoms with Gasteiger partial charge in [0.15, 0.2) is 11.1 Å². The number of anilines is 1. The van der Waals surface area contributed by atoms with E-state index in [4.69, 9.17) is 16.3 Å². The van der Waals surface area contributed by atoms with E-state index < -0.39 is 12.8 Å². The standard InChI is InChI=1S/C18H13ClF3N5OS/c19-17-24-9-14(29-17)8-23-11-5-12(7-13(6-11)28-10-18(20,21)22)27-25-15-3-1-2-4-16(15)26-27/h1-7,9,23H,8,10H2. The molecule has 0 saturated carbocycles. The zero-order chi connectivity index (χ0) is 20.4. The number of hydrogen-bond donors (Lipinski definition) is 1. The van der Waals surface area contributed by atoms with Crippen LogP contribution in [0.3, 0.4) is 0 Å². The Balaban J connectivity index is 1.64. The third kappa shape index (κ3) is 4.96. The Hall–Kier alpha value is -2.85. The van der Waals surface area contributed by atoms with E-state index in [1.165, 1.54) is 28.3 Å². The second-order valence-electron chi connectivity index (χ2n) is 6.03. The molecule has 150 valence electrons. The van der Waals surface area contributed by atoms with Gasteiger partial charge in [0.1, 0.15) is 16.8 Å². The molecule has 0 atom stereocenters. The van der Waals surface area contributed by atoms with Crippen LogP contribution in [0.15, 0.2) is 48.7 Å². The number of ether oxygens (including phenoxy) is 1. The van der Waals surface area contributed by atoms with Gasteiger partial charge in [0.05, 0.1) is 12.2 Å². The number of hydrogen-bond acceptors (Lipinski definition) is 6. The van der Waals surface area contributed by atoms with E-state index in [1.807, 2.05) is 12.1 Å². The molecule has 29 heavy (non-hydrogen) atoms. The molecular weight excluding hydrogens is 427 g/mol. The van der Waals surface area contributed by atoms with Gasteiger partial charge in [-0.2, -0.15) is 18.0 Å². The van der Waals surface area contributed by atoms with Gasteiger partial charge in [0, 0.05) is 28.9 Å². The van der Waals surface area contributed by atoms with Gasteiger partial charge in [-0.3, -0.25) is 0 Å². The topological polar surface area (TPSA) is 64.9 Å². The van der Waals surface area contributed by atoms with Crippen molar-refractivity contribution in [2.24, 2.45) is 0 Å². The smallest absolute Gasteiger partial charge is 0.422 e. The molecule has 0 bridgehead atoms. The highest BCUT2D eigenvalue weighted by Crippen LogP contribution is 2.27. The average Bonchev–Trinajstić information content (AvgIpc) is 3.30. The average molecular weight is 440 g/mol. The van der Waals surface area contributed by atoms with Crippen LogP contribution in [0.1, 0.15) is 4.88 Å². The molecule has 0 aliphatic heterocycles. The van der Waals surface area contributed by atoms with E-state index in [-0.39, 0.29) is 5.75 Å². The minimum Gasteiger partial charge on any atom is -0.484 e. The Morgan fingerprint density at radius 3 is 2.45 bits per heavy atom. The molecule has 2 heterocycles. The molecule has 2 aromatic heterocycles. The fourth-order valence-corrected chi connectivity index (χ4v) is 3.50. The zero-order valence-corrected chi connectivity index (χ0v) is 16.2. The molecular formula is C18H13ClF3N5OS. The molecule has 4 aromatic rings. The van der Waals surface area contributed by atoms with E-state index in [1.54, 1.807) is 24.4 Å². The lowest BCUT2D eigenvalue weighted by atomic mass is 10.2. The predicted octanol–water partition coefficient (Wildman–Crippen LogP) is 5.08. The van der Waals surface area contributed by atoms with Crippen molar-refractivity contribution in [3.8, 4) is 11.4 Å². The molecule has 0 unspecified atom stereocenters. The summed E-state index contributed by atoms with van der Waals surface area (Å²) in [4.78, 5) is 6.20. The summed E-state index contributed by atoms with van der Waals surface area (Å²) in [7, 11) is 0. The molecule has 2 aromatic carbocycles. The molecule has 0 amide bonds. The van der Waals surface area contributed by atoms with Gasteiger partial charge < -0.3 is 10.1 Å². The number of thiazole rings is 1. The minimum absolute atomic E-state index is 0.0472. The van der Waals surface area contributed by atoms with Crippen LogP contribution >= 0.6 is 22.9 Å². The highest BCUT2D eigenvalue weighted by atomic mass is 35.5. The SMILES string of the molecule is FC(F)(F)COc1cc(NCc2cnc(Cl)s2)cc(-n2nc3ccccc3n2)c1. The maximum absolute atomic E-state index is 12.6. The summed E-state index contributed by atoms with van der Waals surface area (Å²) in [6.07, 6.45) is -2.81. The minimum atomic E-state index is -4.44. The van der Waals surface area contributed by atoms with Gasteiger partial charge in [0.25, 0.3) is 0 Å². The third-order valence-corrected chi connectivity index (χ3v) is 4.92. The van der Waals surface area contributed by atoms with Crippen molar-refractivity contribution in [3.63, 3.8) is 0 Å². The van der Waals surface area contributed by atoms with E-state index in [9.17, 15) is 13.2 Å². The van der Waals surface area contributed by atoms with Crippen LogP contribution in [-0.2, 0) is 6.54 Å². The van der Waals surface area contributed by atoms with Crippen molar-refractivity contribution in [3.05, 3.63) is 58.0 Å². The van der Waals surface area contributed by atoms with E-state index in [0.29, 0.717) is 33.4 Å². The Morgan fingerprint density at radius 1 is 1.10 bits per heavy atom. The fourth-order valence-electron chi connectivity index (χ4n) is 2.58. The quantitative estimate of drug-likeness (QED) is 0.453. The maximum Gasteiger partial charge on any atom is 0.422 e. The van der Waals surface area contributed by atoms with Gasteiger partial charge in [-0.15, -0.1) is 21.5 Å². The first-order chi connectivity index (χ1) is 13.9. The van der Waals surface area contributed by atoms with Crippen molar-refractivity contribution < 1.29 is 17.9 Å². The molecule has 4 rings (SSSR count). The number of rotatable bonds is 6. The van der Waals surface area contributed by atoms with Crippen LogP contribution in [0, 0.1) is 0 Å². The molecule has 0 saturated heterocycles. The zero-order valence-electron chi connectivity index (χ0n) is 14.7. The Morgan fingerprint density at radius 2 is 1.83 bits per heavy atom. The Kier molecular flexibility index (Phi) is 5.29. The first-order valence-electron chi connectivity index (χ1n) is 8.37. The van der Waals surface area contributed by atoms with Crippen molar-refractivity contribution >= 4 is 39.7 Å². The Labute approximate surface area is 171 Å². The van der Waals surface area contributed by atoms with Crippen molar-refractivity contribution in [1.29, 1.82) is 0 Å². The van der Waals surface area contributed by atoms with E-state index >= 15 is 0 Å². The van der Waals surface area contributed by atoms with Crippen molar-refractivity contribution in [2.45, 2.75) is 12.7 Å². The molecule has 0 radical (unpaired) electrons. The number of fused-ring (bicyclic) bond motifs is 1. The highest BCUT2D eigenvalue weighted by Gasteiger charge is 2.28. The van der Waals surface area contributed by atoms with Crippen molar-refractivity contribution in [1.82, 2.24) is 20.0 Å². The number of nitrogens with one attached hydrogen (secondary N) is 1. The van der Waals surface area contributed by atoms with E-state index in [0.717, 1.165) is 4.88 Å². The normalized spacial score (nSPS) is 11.7. The number of benzene rings is 2. The monoisotopic (exact) mass is 439 g/mol. The molecule has 11 heteroatoms. The molecule has 1 N–H and O–H groups in total. The van der Waals surface area contributed by atoms with E-state index in [2.05, 4.69) is 20.5 Å². The summed E-state index contributed by atoms with van der Waals surface area (Å²) >= 11 is 7.14. The van der Waals surface area contributed by atoms with Crippen molar-refractivity contribution in [2.75, 3.05) is 11.9 Å². The summed E-state index contributed by atoms with van der Waals surface area (Å²) in [5.41, 5.74) is 2.35. The number of aromatic nitrogens is 4. The van der Waals surface area contributed by atoms with Gasteiger partial charge in [-0.1, -0.05) is 23.7 Å². The fraction of sp³-hybridized carbons (Fsp3) is 0.167. The lowest BCUT2D eigenvalue weighted by Gasteiger charge is -2.13. The molecule has 0 spiro atoms. The first-order valence-corrected chi connectivity index (χ1v) is 9.56.